The number of nitro benzene ring substituents is 1. The largest absolute Gasteiger partial charge is 0.276 e. The minimum Gasteiger partial charge on any atom is -0.267 e. The highest BCUT2D eigenvalue weighted by molar-refractivity contribution is 6.21. The van der Waals surface area contributed by atoms with Gasteiger partial charge in [-0.3, -0.25) is 19.7 Å². The van der Waals surface area contributed by atoms with Crippen molar-refractivity contribution in [2.24, 2.45) is 0 Å². The van der Waals surface area contributed by atoms with Crippen LogP contribution in [0.5, 0.6) is 0 Å². The Labute approximate surface area is 130 Å². The smallest absolute Gasteiger partial charge is 0.267 e. The fraction of sp³-hybridized carbons (Fsp3) is 0.125. The highest BCUT2D eigenvalue weighted by atomic mass is 16.6. The van der Waals surface area contributed by atoms with Crippen LogP contribution >= 0.6 is 0 Å². The van der Waals surface area contributed by atoms with Gasteiger partial charge in [0.25, 0.3) is 17.5 Å². The molecule has 2 heterocycles. The van der Waals surface area contributed by atoms with Crippen molar-refractivity contribution < 1.29 is 14.5 Å². The number of hydrogen-bond acceptors (Lipinski definition) is 5. The molecule has 2 aliphatic heterocycles. The fourth-order valence-corrected chi connectivity index (χ4v) is 2.88. The molecule has 2 atom stereocenters. The number of hydrogen-bond donors (Lipinski definition) is 0. The lowest BCUT2D eigenvalue weighted by atomic mass is 10.1. The molecule has 0 N–H and O–H groups in total. The molecule has 2 amide bonds. The van der Waals surface area contributed by atoms with E-state index in [0.717, 1.165) is 10.6 Å². The molecule has 0 aromatic heterocycles. The zero-order valence-corrected chi connectivity index (χ0v) is 11.9. The molecule has 1 unspecified atom stereocenters. The normalized spacial score (nSPS) is 22.2. The number of carbonyl (C=O) groups is 2. The summed E-state index contributed by atoms with van der Waals surface area (Å²) in [6, 6.07) is 12.7. The van der Waals surface area contributed by atoms with E-state index in [4.69, 9.17) is 0 Å². The number of non-ortho nitro benzene ring substituents is 1. The van der Waals surface area contributed by atoms with Crippen LogP contribution in [0.25, 0.3) is 0 Å². The number of nitrogens with zero attached hydrogens (tertiary/aromatic N) is 3. The van der Waals surface area contributed by atoms with E-state index in [1.807, 2.05) is 0 Å². The molecule has 1 fully saturated rings. The number of rotatable bonds is 3. The van der Waals surface area contributed by atoms with Crippen LogP contribution in [0, 0.1) is 10.1 Å². The maximum Gasteiger partial charge on any atom is 0.276 e. The number of benzene rings is 2. The molecule has 2 aromatic carbocycles. The Morgan fingerprint density at radius 3 is 2.26 bits per heavy atom. The van der Waals surface area contributed by atoms with E-state index < -0.39 is 4.92 Å². The summed E-state index contributed by atoms with van der Waals surface area (Å²) >= 11 is 0. The summed E-state index contributed by atoms with van der Waals surface area (Å²) in [5, 5.41) is 13.6. The number of fused-ring (bicyclic) bond motifs is 1. The van der Waals surface area contributed by atoms with Crippen LogP contribution in [0.4, 0.5) is 5.69 Å². The second-order valence-electron chi connectivity index (χ2n) is 5.46. The average molecular weight is 309 g/mol. The molecule has 4 rings (SSSR count). The number of amides is 2. The first-order valence-corrected chi connectivity index (χ1v) is 7.06. The predicted molar refractivity (Wildman–Crippen MR) is 79.5 cm³/mol. The second-order valence-corrected chi connectivity index (χ2v) is 5.46. The molecular weight excluding hydrogens is 298 g/mol. The first kappa shape index (κ1) is 13.6. The minimum absolute atomic E-state index is 0.00305. The lowest BCUT2D eigenvalue weighted by Crippen LogP contribution is -2.35. The van der Waals surface area contributed by atoms with Crippen LogP contribution in [0.3, 0.4) is 0 Å². The van der Waals surface area contributed by atoms with Gasteiger partial charge in [-0.25, -0.2) is 5.01 Å². The Hall–Kier alpha value is -3.06. The first-order chi connectivity index (χ1) is 11.1. The number of nitro groups is 1. The van der Waals surface area contributed by atoms with Crippen LogP contribution in [0.1, 0.15) is 32.3 Å². The van der Waals surface area contributed by atoms with Crippen molar-refractivity contribution in [2.75, 3.05) is 6.54 Å². The van der Waals surface area contributed by atoms with Crippen molar-refractivity contribution in [2.45, 2.75) is 6.04 Å². The van der Waals surface area contributed by atoms with E-state index in [1.165, 1.54) is 12.1 Å². The molecule has 2 aliphatic rings. The Balaban J connectivity index is 1.61. The molecule has 0 spiro atoms. The van der Waals surface area contributed by atoms with Crippen molar-refractivity contribution in [3.8, 4) is 0 Å². The third kappa shape index (κ3) is 2.01. The number of carbonyl (C=O) groups excluding carboxylic acids is 2. The molecule has 0 saturated carbocycles. The Bertz CT molecular complexity index is 829. The molecule has 7 heteroatoms. The molecule has 23 heavy (non-hydrogen) atoms. The summed E-state index contributed by atoms with van der Waals surface area (Å²) < 4.78 is 0. The number of imide groups is 1. The van der Waals surface area contributed by atoms with E-state index in [-0.39, 0.29) is 23.5 Å². The maximum absolute atomic E-state index is 12.4. The highest BCUT2D eigenvalue weighted by Crippen LogP contribution is 2.40. The summed E-state index contributed by atoms with van der Waals surface area (Å²) in [4.78, 5) is 35.2. The third-order valence-corrected chi connectivity index (χ3v) is 4.08. The topological polar surface area (TPSA) is 83.5 Å². The summed E-state index contributed by atoms with van der Waals surface area (Å²) in [6.45, 7) is 0.479. The van der Waals surface area contributed by atoms with E-state index in [2.05, 4.69) is 0 Å². The predicted octanol–water partition coefficient (Wildman–Crippen LogP) is 2.16. The first-order valence-electron chi connectivity index (χ1n) is 7.06. The molecule has 0 radical (unpaired) electrons. The van der Waals surface area contributed by atoms with E-state index in [0.29, 0.717) is 17.7 Å². The molecule has 0 bridgehead atoms. The molecule has 114 valence electrons. The zero-order valence-electron chi connectivity index (χ0n) is 11.9. The Morgan fingerprint density at radius 2 is 1.65 bits per heavy atom. The second kappa shape index (κ2) is 4.72. The summed E-state index contributed by atoms with van der Waals surface area (Å²) in [7, 11) is 0. The monoisotopic (exact) mass is 309 g/mol. The lowest BCUT2D eigenvalue weighted by molar-refractivity contribution is -0.384. The van der Waals surface area contributed by atoms with Gasteiger partial charge in [-0.1, -0.05) is 24.3 Å². The van der Waals surface area contributed by atoms with E-state index in [9.17, 15) is 19.7 Å². The number of hydrazine groups is 1. The van der Waals surface area contributed by atoms with Gasteiger partial charge in [-0.05, 0) is 17.7 Å². The molecular formula is C16H11N3O4. The van der Waals surface area contributed by atoms with Crippen LogP contribution < -0.4 is 0 Å². The maximum atomic E-state index is 12.4. The van der Waals surface area contributed by atoms with Gasteiger partial charge in [0.05, 0.1) is 22.1 Å². The third-order valence-electron chi connectivity index (χ3n) is 4.08. The van der Waals surface area contributed by atoms with Crippen molar-refractivity contribution in [1.29, 1.82) is 0 Å². The van der Waals surface area contributed by atoms with E-state index in [1.54, 1.807) is 41.4 Å². The van der Waals surface area contributed by atoms with Gasteiger partial charge >= 0.3 is 0 Å². The van der Waals surface area contributed by atoms with Crippen molar-refractivity contribution >= 4 is 17.5 Å². The van der Waals surface area contributed by atoms with Gasteiger partial charge in [0, 0.05) is 18.7 Å². The van der Waals surface area contributed by atoms with Gasteiger partial charge in [-0.15, -0.1) is 0 Å². The average Bonchev–Trinajstić information content (AvgIpc) is 3.30. The standard InChI is InChI=1S/C16H11N3O4/c20-15-12-6-1-2-7-13(12)16(21)18(15)17-9-14(17)10-4-3-5-11(8-10)19(22)23/h1-8,14H,9H2/t14-,17?/m1/s1. The minimum atomic E-state index is -0.460. The van der Waals surface area contributed by atoms with Crippen molar-refractivity contribution in [1.82, 2.24) is 10.0 Å². The van der Waals surface area contributed by atoms with Crippen LogP contribution in [0.2, 0.25) is 0 Å². The molecule has 2 aromatic rings. The zero-order chi connectivity index (χ0) is 16.1. The molecule has 7 nitrogen and oxygen atoms in total. The molecule has 0 aliphatic carbocycles. The SMILES string of the molecule is O=C1c2ccccc2C(=O)N1N1C[C@@H]1c1cccc([N+](=O)[O-])c1. The fourth-order valence-electron chi connectivity index (χ4n) is 2.88. The van der Waals surface area contributed by atoms with Crippen molar-refractivity contribution in [3.05, 3.63) is 75.3 Å². The van der Waals surface area contributed by atoms with E-state index >= 15 is 0 Å². The van der Waals surface area contributed by atoms with Gasteiger partial charge in [0.15, 0.2) is 0 Å². The van der Waals surface area contributed by atoms with Gasteiger partial charge in [0.1, 0.15) is 0 Å². The Kier molecular flexibility index (Phi) is 2.79. The van der Waals surface area contributed by atoms with Gasteiger partial charge in [-0.2, -0.15) is 5.01 Å². The van der Waals surface area contributed by atoms with Crippen molar-refractivity contribution in [3.63, 3.8) is 0 Å². The summed E-state index contributed by atoms with van der Waals surface area (Å²) in [5.74, 6) is -0.697. The Morgan fingerprint density at radius 1 is 1.00 bits per heavy atom. The van der Waals surface area contributed by atoms with Crippen LogP contribution in [-0.4, -0.2) is 33.3 Å². The molecule has 1 saturated heterocycles. The van der Waals surface area contributed by atoms with Crippen LogP contribution in [-0.2, 0) is 0 Å². The van der Waals surface area contributed by atoms with Gasteiger partial charge < -0.3 is 0 Å². The van der Waals surface area contributed by atoms with Crippen LogP contribution in [0.15, 0.2) is 48.5 Å². The summed E-state index contributed by atoms with van der Waals surface area (Å²) in [6.07, 6.45) is 0. The summed E-state index contributed by atoms with van der Waals surface area (Å²) in [5.41, 5.74) is 1.50. The van der Waals surface area contributed by atoms with Gasteiger partial charge in [0.2, 0.25) is 0 Å². The lowest BCUT2D eigenvalue weighted by Gasteiger charge is -2.15. The highest BCUT2D eigenvalue weighted by Gasteiger charge is 2.49. The quantitative estimate of drug-likeness (QED) is 0.375.